The van der Waals surface area contributed by atoms with Crippen LogP contribution in [0.4, 0.5) is 0 Å². The van der Waals surface area contributed by atoms with Gasteiger partial charge in [0, 0.05) is 23.8 Å². The summed E-state index contributed by atoms with van der Waals surface area (Å²) in [6.45, 7) is 2.18. The molecule has 0 radical (unpaired) electrons. The molecule has 0 aromatic carbocycles. The molecule has 1 saturated carbocycles. The van der Waals surface area contributed by atoms with E-state index in [-0.39, 0.29) is 18.6 Å². The Labute approximate surface area is 118 Å². The largest absolute Gasteiger partial charge is 0.395 e. The van der Waals surface area contributed by atoms with Crippen LogP contribution in [-0.2, 0) is 0 Å². The summed E-state index contributed by atoms with van der Waals surface area (Å²) in [5.74, 6) is -0.0617. The molecular formula is C14H19ClN2O2. The van der Waals surface area contributed by atoms with Crippen LogP contribution in [0.25, 0.3) is 0 Å². The highest BCUT2D eigenvalue weighted by atomic mass is 35.5. The third kappa shape index (κ3) is 3.45. The Balaban J connectivity index is 2.22. The maximum Gasteiger partial charge on any atom is 0.254 e. The van der Waals surface area contributed by atoms with Crippen molar-refractivity contribution in [2.75, 3.05) is 13.2 Å². The fourth-order valence-electron chi connectivity index (χ4n) is 2.69. The van der Waals surface area contributed by atoms with Gasteiger partial charge in [0.2, 0.25) is 0 Å². The second-order valence-corrected chi connectivity index (χ2v) is 5.37. The summed E-state index contributed by atoms with van der Waals surface area (Å²) >= 11 is 5.90. The van der Waals surface area contributed by atoms with Gasteiger partial charge in [0.05, 0.1) is 6.61 Å². The average molecular weight is 283 g/mol. The first-order valence-electron chi connectivity index (χ1n) is 6.68. The van der Waals surface area contributed by atoms with E-state index >= 15 is 0 Å². The first kappa shape index (κ1) is 14.3. The molecule has 1 aromatic heterocycles. The van der Waals surface area contributed by atoms with Gasteiger partial charge in [0.25, 0.3) is 5.91 Å². The summed E-state index contributed by atoms with van der Waals surface area (Å²) in [6.07, 6.45) is 4.33. The molecule has 0 spiro atoms. The third-order valence-corrected chi connectivity index (χ3v) is 3.73. The van der Waals surface area contributed by atoms with Crippen LogP contribution in [0.5, 0.6) is 0 Å². The molecule has 1 fully saturated rings. The number of carbonyl (C=O) groups excluding carboxylic acids is 1. The van der Waals surface area contributed by atoms with Crippen LogP contribution >= 0.6 is 11.6 Å². The molecular weight excluding hydrogens is 264 g/mol. The zero-order valence-electron chi connectivity index (χ0n) is 11.1. The number of hydrogen-bond acceptors (Lipinski definition) is 3. The van der Waals surface area contributed by atoms with Gasteiger partial charge in [-0.05, 0) is 31.9 Å². The predicted octanol–water partition coefficient (Wildman–Crippen LogP) is 2.42. The number of rotatable bonds is 4. The van der Waals surface area contributed by atoms with Gasteiger partial charge < -0.3 is 10.0 Å². The van der Waals surface area contributed by atoms with Crippen LogP contribution in [0, 0.1) is 6.92 Å². The molecule has 1 aliphatic rings. The Morgan fingerprint density at radius 3 is 2.74 bits per heavy atom. The zero-order valence-corrected chi connectivity index (χ0v) is 11.9. The first-order valence-corrected chi connectivity index (χ1v) is 7.05. The van der Waals surface area contributed by atoms with Crippen molar-refractivity contribution in [1.82, 2.24) is 9.88 Å². The van der Waals surface area contributed by atoms with Crippen molar-refractivity contribution in [2.45, 2.75) is 38.6 Å². The number of carbonyl (C=O) groups is 1. The van der Waals surface area contributed by atoms with E-state index in [1.165, 1.54) is 0 Å². The van der Waals surface area contributed by atoms with Crippen LogP contribution in [-0.4, -0.2) is 40.1 Å². The molecule has 0 bridgehead atoms. The molecule has 1 N–H and O–H groups in total. The van der Waals surface area contributed by atoms with E-state index in [0.29, 0.717) is 17.3 Å². The third-order valence-electron chi connectivity index (χ3n) is 3.54. The molecule has 104 valence electrons. The Bertz CT molecular complexity index is 439. The second-order valence-electron chi connectivity index (χ2n) is 4.98. The van der Waals surface area contributed by atoms with Crippen LogP contribution in [0.15, 0.2) is 12.1 Å². The molecule has 1 amide bonds. The van der Waals surface area contributed by atoms with E-state index in [2.05, 4.69) is 4.98 Å². The van der Waals surface area contributed by atoms with Crippen LogP contribution in [0.1, 0.15) is 41.7 Å². The van der Waals surface area contributed by atoms with Gasteiger partial charge in [-0.3, -0.25) is 4.79 Å². The van der Waals surface area contributed by atoms with Crippen LogP contribution in [0.2, 0.25) is 5.15 Å². The van der Waals surface area contributed by atoms with Crippen molar-refractivity contribution >= 4 is 17.5 Å². The molecule has 1 heterocycles. The summed E-state index contributed by atoms with van der Waals surface area (Å²) in [5.41, 5.74) is 1.28. The minimum atomic E-state index is -0.0617. The number of nitrogens with zero attached hydrogens (tertiary/aromatic N) is 2. The molecule has 0 atom stereocenters. The number of aliphatic hydroxyl groups is 1. The lowest BCUT2D eigenvalue weighted by Crippen LogP contribution is -2.40. The van der Waals surface area contributed by atoms with Crippen LogP contribution in [0.3, 0.4) is 0 Å². The fraction of sp³-hybridized carbons (Fsp3) is 0.571. The monoisotopic (exact) mass is 282 g/mol. The first-order chi connectivity index (χ1) is 9.11. The lowest BCUT2D eigenvalue weighted by Gasteiger charge is -2.28. The summed E-state index contributed by atoms with van der Waals surface area (Å²) in [5, 5.41) is 9.50. The topological polar surface area (TPSA) is 53.4 Å². The molecule has 0 unspecified atom stereocenters. The van der Waals surface area contributed by atoms with Gasteiger partial charge in [0.15, 0.2) is 0 Å². The van der Waals surface area contributed by atoms with Crippen molar-refractivity contribution in [2.24, 2.45) is 0 Å². The highest BCUT2D eigenvalue weighted by molar-refractivity contribution is 6.29. The molecule has 0 saturated heterocycles. The maximum atomic E-state index is 12.6. The molecule has 2 rings (SSSR count). The fourth-order valence-corrected chi connectivity index (χ4v) is 2.94. The summed E-state index contributed by atoms with van der Waals surface area (Å²) in [6, 6.07) is 3.58. The Kier molecular flexibility index (Phi) is 4.77. The minimum Gasteiger partial charge on any atom is -0.395 e. The van der Waals surface area contributed by atoms with Crippen molar-refractivity contribution in [3.05, 3.63) is 28.5 Å². The van der Waals surface area contributed by atoms with Crippen molar-refractivity contribution in [3.8, 4) is 0 Å². The number of aryl methyl sites for hydroxylation is 1. The predicted molar refractivity (Wildman–Crippen MR) is 74.4 cm³/mol. The molecule has 0 aliphatic heterocycles. The quantitative estimate of drug-likeness (QED) is 0.863. The average Bonchev–Trinajstić information content (AvgIpc) is 2.87. The van der Waals surface area contributed by atoms with Gasteiger partial charge in [-0.2, -0.15) is 0 Å². The van der Waals surface area contributed by atoms with Gasteiger partial charge in [-0.15, -0.1) is 0 Å². The van der Waals surface area contributed by atoms with E-state index in [4.69, 9.17) is 16.7 Å². The van der Waals surface area contributed by atoms with Gasteiger partial charge in [-0.25, -0.2) is 4.98 Å². The Hall–Kier alpha value is -1.13. The van der Waals surface area contributed by atoms with Crippen molar-refractivity contribution in [1.29, 1.82) is 0 Å². The highest BCUT2D eigenvalue weighted by Gasteiger charge is 2.27. The number of aromatic nitrogens is 1. The standard InChI is InChI=1S/C14H19ClN2O2/c1-10-8-11(9-13(15)16-10)14(19)17(6-7-18)12-4-2-3-5-12/h8-9,12,18H,2-7H2,1H3. The lowest BCUT2D eigenvalue weighted by molar-refractivity contribution is 0.0638. The SMILES string of the molecule is Cc1cc(C(=O)N(CCO)C2CCCC2)cc(Cl)n1. The van der Waals surface area contributed by atoms with E-state index < -0.39 is 0 Å². The Morgan fingerprint density at radius 2 is 2.16 bits per heavy atom. The highest BCUT2D eigenvalue weighted by Crippen LogP contribution is 2.25. The van der Waals surface area contributed by atoms with E-state index in [1.54, 1.807) is 17.0 Å². The summed E-state index contributed by atoms with van der Waals surface area (Å²) in [7, 11) is 0. The second kappa shape index (κ2) is 6.35. The normalized spacial score (nSPS) is 15.7. The van der Waals surface area contributed by atoms with Crippen molar-refractivity contribution < 1.29 is 9.90 Å². The van der Waals surface area contributed by atoms with Gasteiger partial charge >= 0.3 is 0 Å². The molecule has 5 heteroatoms. The van der Waals surface area contributed by atoms with Gasteiger partial charge in [0.1, 0.15) is 5.15 Å². The van der Waals surface area contributed by atoms with E-state index in [9.17, 15) is 4.79 Å². The van der Waals surface area contributed by atoms with E-state index in [0.717, 1.165) is 31.4 Å². The smallest absolute Gasteiger partial charge is 0.254 e. The summed E-state index contributed by atoms with van der Waals surface area (Å²) in [4.78, 5) is 18.4. The number of pyridine rings is 1. The Morgan fingerprint density at radius 1 is 1.47 bits per heavy atom. The number of hydrogen-bond donors (Lipinski definition) is 1. The zero-order chi connectivity index (χ0) is 13.8. The number of aliphatic hydroxyl groups excluding tert-OH is 1. The molecule has 1 aliphatic carbocycles. The number of halogens is 1. The lowest BCUT2D eigenvalue weighted by atomic mass is 10.1. The van der Waals surface area contributed by atoms with Crippen molar-refractivity contribution in [3.63, 3.8) is 0 Å². The number of amides is 1. The van der Waals surface area contributed by atoms with Crippen LogP contribution < -0.4 is 0 Å². The van der Waals surface area contributed by atoms with E-state index in [1.807, 2.05) is 6.92 Å². The minimum absolute atomic E-state index is 0.0139. The molecule has 1 aromatic rings. The molecule has 19 heavy (non-hydrogen) atoms. The van der Waals surface area contributed by atoms with Gasteiger partial charge in [-0.1, -0.05) is 24.4 Å². The summed E-state index contributed by atoms with van der Waals surface area (Å²) < 4.78 is 0. The maximum absolute atomic E-state index is 12.6. The molecule has 4 nitrogen and oxygen atoms in total.